The monoisotopic (exact) mass is 465 g/mol. The molecule has 0 spiro atoms. The van der Waals surface area contributed by atoms with E-state index in [9.17, 15) is 13.2 Å². The Kier molecular flexibility index (Phi) is 5.88. The van der Waals surface area contributed by atoms with Crippen molar-refractivity contribution >= 4 is 50.0 Å². The summed E-state index contributed by atoms with van der Waals surface area (Å²) in [7, 11) is -3.70. The number of sulfonamides is 1. The van der Waals surface area contributed by atoms with Gasteiger partial charge in [0, 0.05) is 32.6 Å². The summed E-state index contributed by atoms with van der Waals surface area (Å²) in [4.78, 5) is 20.1. The van der Waals surface area contributed by atoms with Crippen LogP contribution in [0, 0.1) is 12.8 Å². The van der Waals surface area contributed by atoms with Gasteiger partial charge in [0.2, 0.25) is 10.0 Å². The third kappa shape index (κ3) is 3.98. The van der Waals surface area contributed by atoms with E-state index in [1.54, 1.807) is 23.1 Å². The maximum atomic E-state index is 13.2. The minimum absolute atomic E-state index is 0.0668. The minimum Gasteiger partial charge on any atom is -0.335 e. The van der Waals surface area contributed by atoms with Crippen LogP contribution in [-0.2, 0) is 16.4 Å². The van der Waals surface area contributed by atoms with Crippen LogP contribution < -0.4 is 0 Å². The number of aromatic nitrogens is 3. The zero-order valence-electron chi connectivity index (χ0n) is 17.0. The van der Waals surface area contributed by atoms with Crippen molar-refractivity contribution in [2.45, 2.75) is 32.1 Å². The highest BCUT2D eigenvalue weighted by molar-refractivity contribution is 7.89. The van der Waals surface area contributed by atoms with Crippen LogP contribution >= 0.6 is 23.1 Å². The number of carbonyl (C=O) groups is 1. The number of carbonyl (C=O) groups excluding carboxylic acids is 1. The standard InChI is InChI=1S/C19H23N5O3S3/c1-12(2)11-16-20-13(3)18(28-16)19(25)23-7-9-24(10-8-23)30(26,27)15-6-4-5-14-17(15)22-29-21-14/h4-6,12H,7-11H2,1-3H3. The van der Waals surface area contributed by atoms with Crippen LogP contribution in [0.3, 0.4) is 0 Å². The molecule has 3 aromatic rings. The Morgan fingerprint density at radius 2 is 1.90 bits per heavy atom. The van der Waals surface area contributed by atoms with Gasteiger partial charge in [0.1, 0.15) is 20.8 Å². The quantitative estimate of drug-likeness (QED) is 0.575. The molecule has 160 valence electrons. The molecule has 0 atom stereocenters. The number of benzene rings is 1. The summed E-state index contributed by atoms with van der Waals surface area (Å²) in [5.41, 5.74) is 1.73. The summed E-state index contributed by atoms with van der Waals surface area (Å²) < 4.78 is 36.0. The van der Waals surface area contributed by atoms with Crippen molar-refractivity contribution in [1.29, 1.82) is 0 Å². The van der Waals surface area contributed by atoms with Gasteiger partial charge in [-0.05, 0) is 25.0 Å². The number of fused-ring (bicyclic) bond motifs is 1. The molecule has 0 bridgehead atoms. The number of piperazine rings is 1. The molecule has 1 fully saturated rings. The Bertz CT molecular complexity index is 1180. The number of hydrogen-bond acceptors (Lipinski definition) is 8. The molecule has 1 amide bonds. The van der Waals surface area contributed by atoms with Crippen molar-refractivity contribution in [3.05, 3.63) is 33.8 Å². The third-order valence-electron chi connectivity index (χ3n) is 5.01. The van der Waals surface area contributed by atoms with Gasteiger partial charge in [-0.1, -0.05) is 19.9 Å². The lowest BCUT2D eigenvalue weighted by Gasteiger charge is -2.33. The van der Waals surface area contributed by atoms with Crippen molar-refractivity contribution in [3.63, 3.8) is 0 Å². The summed E-state index contributed by atoms with van der Waals surface area (Å²) in [5.74, 6) is 0.410. The maximum absolute atomic E-state index is 13.2. The molecule has 11 heteroatoms. The first-order chi connectivity index (χ1) is 14.3. The second kappa shape index (κ2) is 8.29. The molecule has 1 saturated heterocycles. The fraction of sp³-hybridized carbons (Fsp3) is 0.474. The van der Waals surface area contributed by atoms with Crippen LogP contribution in [0.15, 0.2) is 23.1 Å². The van der Waals surface area contributed by atoms with Crippen LogP contribution in [-0.4, -0.2) is 63.4 Å². The van der Waals surface area contributed by atoms with Crippen LogP contribution in [0.1, 0.15) is 34.2 Å². The van der Waals surface area contributed by atoms with Crippen molar-refractivity contribution < 1.29 is 13.2 Å². The first kappa shape index (κ1) is 21.3. The van der Waals surface area contributed by atoms with Gasteiger partial charge in [-0.15, -0.1) is 11.3 Å². The summed E-state index contributed by atoms with van der Waals surface area (Å²) in [5, 5.41) is 0.969. The molecular weight excluding hydrogens is 442 g/mol. The van der Waals surface area contributed by atoms with Crippen molar-refractivity contribution in [3.8, 4) is 0 Å². The Morgan fingerprint density at radius 1 is 1.17 bits per heavy atom. The minimum atomic E-state index is -3.70. The number of aryl methyl sites for hydroxylation is 1. The summed E-state index contributed by atoms with van der Waals surface area (Å²) >= 11 is 2.44. The highest BCUT2D eigenvalue weighted by Gasteiger charge is 2.33. The molecule has 1 aliphatic heterocycles. The Labute approximate surface area is 183 Å². The molecule has 4 rings (SSSR count). The molecule has 0 aliphatic carbocycles. The second-order valence-electron chi connectivity index (χ2n) is 7.70. The van der Waals surface area contributed by atoms with Gasteiger partial charge in [0.25, 0.3) is 5.91 Å². The topological polar surface area (TPSA) is 96.4 Å². The second-order valence-corrected chi connectivity index (χ2v) is 11.2. The van der Waals surface area contributed by atoms with Gasteiger partial charge >= 0.3 is 0 Å². The molecule has 0 N–H and O–H groups in total. The van der Waals surface area contributed by atoms with Gasteiger partial charge in [-0.2, -0.15) is 13.1 Å². The van der Waals surface area contributed by atoms with Crippen LogP contribution in [0.2, 0.25) is 0 Å². The highest BCUT2D eigenvalue weighted by atomic mass is 32.2. The average Bonchev–Trinajstić information content (AvgIpc) is 3.33. The highest BCUT2D eigenvalue weighted by Crippen LogP contribution is 2.27. The fourth-order valence-corrected chi connectivity index (χ4v) is 6.91. The number of rotatable bonds is 5. The molecule has 8 nitrogen and oxygen atoms in total. The SMILES string of the molecule is Cc1nc(CC(C)C)sc1C(=O)N1CCN(S(=O)(=O)c2cccc3nsnc23)CC1. The van der Waals surface area contributed by atoms with Gasteiger partial charge in [0.15, 0.2) is 0 Å². The molecular formula is C19H23N5O3S3. The lowest BCUT2D eigenvalue weighted by atomic mass is 10.1. The molecule has 1 aromatic carbocycles. The fourth-order valence-electron chi connectivity index (χ4n) is 3.49. The van der Waals surface area contributed by atoms with Gasteiger partial charge in [-0.3, -0.25) is 4.79 Å². The van der Waals surface area contributed by atoms with E-state index in [1.165, 1.54) is 15.6 Å². The maximum Gasteiger partial charge on any atom is 0.265 e. The zero-order chi connectivity index (χ0) is 21.5. The zero-order valence-corrected chi connectivity index (χ0v) is 19.5. The van der Waals surface area contributed by atoms with Crippen molar-refractivity contribution in [2.75, 3.05) is 26.2 Å². The van der Waals surface area contributed by atoms with E-state index >= 15 is 0 Å². The predicted octanol–water partition coefficient (Wildman–Crippen LogP) is 2.80. The summed E-state index contributed by atoms with van der Waals surface area (Å²) in [6.45, 7) is 7.30. The number of amides is 1. The lowest BCUT2D eigenvalue weighted by molar-refractivity contribution is 0.0702. The van der Waals surface area contributed by atoms with E-state index in [1.807, 2.05) is 6.92 Å². The first-order valence-corrected chi connectivity index (χ1v) is 12.7. The van der Waals surface area contributed by atoms with Gasteiger partial charge in [0.05, 0.1) is 22.4 Å². The van der Waals surface area contributed by atoms with E-state index in [0.717, 1.165) is 28.9 Å². The third-order valence-corrected chi connectivity index (χ3v) is 8.65. The Hall–Kier alpha value is -1.95. The Morgan fingerprint density at radius 3 is 2.60 bits per heavy atom. The number of nitrogens with zero attached hydrogens (tertiary/aromatic N) is 5. The van der Waals surface area contributed by atoms with Crippen LogP contribution in [0.4, 0.5) is 0 Å². The van der Waals surface area contributed by atoms with Crippen molar-refractivity contribution in [2.24, 2.45) is 5.92 Å². The molecule has 0 radical (unpaired) electrons. The Balaban J connectivity index is 1.48. The largest absolute Gasteiger partial charge is 0.335 e. The summed E-state index contributed by atoms with van der Waals surface area (Å²) in [6, 6.07) is 4.99. The lowest BCUT2D eigenvalue weighted by Crippen LogP contribution is -2.50. The van der Waals surface area contributed by atoms with Crippen LogP contribution in [0.5, 0.6) is 0 Å². The molecule has 1 aliphatic rings. The molecule has 30 heavy (non-hydrogen) atoms. The van der Waals surface area contributed by atoms with E-state index in [0.29, 0.717) is 34.9 Å². The molecule has 0 unspecified atom stereocenters. The molecule has 3 heterocycles. The van der Waals surface area contributed by atoms with E-state index in [2.05, 4.69) is 27.6 Å². The first-order valence-electron chi connectivity index (χ1n) is 9.74. The summed E-state index contributed by atoms with van der Waals surface area (Å²) in [6.07, 6.45) is 0.849. The van der Waals surface area contributed by atoms with Gasteiger partial charge in [-0.25, -0.2) is 13.4 Å². The number of thiazole rings is 1. The smallest absolute Gasteiger partial charge is 0.265 e. The predicted molar refractivity (Wildman–Crippen MR) is 117 cm³/mol. The van der Waals surface area contributed by atoms with Crippen molar-refractivity contribution in [1.82, 2.24) is 22.9 Å². The molecule has 0 saturated carbocycles. The van der Waals surface area contributed by atoms with E-state index in [4.69, 9.17) is 0 Å². The number of hydrogen-bond donors (Lipinski definition) is 0. The normalized spacial score (nSPS) is 15.9. The average molecular weight is 466 g/mol. The van der Waals surface area contributed by atoms with E-state index in [-0.39, 0.29) is 23.9 Å². The van der Waals surface area contributed by atoms with E-state index < -0.39 is 10.0 Å². The van der Waals surface area contributed by atoms with Gasteiger partial charge < -0.3 is 4.90 Å². The van der Waals surface area contributed by atoms with Crippen LogP contribution in [0.25, 0.3) is 11.0 Å². The molecule has 2 aromatic heterocycles.